The summed E-state index contributed by atoms with van der Waals surface area (Å²) in [7, 11) is 0. The molecule has 110 valence electrons. The number of fused-ring (bicyclic) bond motifs is 1. The van der Waals surface area contributed by atoms with Crippen LogP contribution in [-0.4, -0.2) is 30.9 Å². The Balaban J connectivity index is 1.89. The molecule has 0 saturated heterocycles. The number of carbonyl (C=O) groups excluding carboxylic acids is 1. The van der Waals surface area contributed by atoms with E-state index in [4.69, 9.17) is 15.2 Å². The number of aliphatic hydroxyl groups is 1. The molecule has 0 aliphatic carbocycles. The summed E-state index contributed by atoms with van der Waals surface area (Å²) in [5.41, 5.74) is 5.38. The number of carbonyl (C=O) groups is 1. The number of nitrogens with two attached hydrogens (primary N) is 1. The van der Waals surface area contributed by atoms with E-state index in [-0.39, 0.29) is 12.7 Å². The molecule has 2 rings (SSSR count). The maximum Gasteiger partial charge on any atom is 0.231 e. The largest absolute Gasteiger partial charge is 0.454 e. The normalized spacial score (nSPS) is 15.2. The fraction of sp³-hybridized carbons (Fsp3) is 0.500. The highest BCUT2D eigenvalue weighted by molar-refractivity contribution is 5.80. The molecular weight excluding hydrogens is 260 g/mol. The van der Waals surface area contributed by atoms with Crippen LogP contribution in [0.3, 0.4) is 0 Å². The lowest BCUT2D eigenvalue weighted by atomic mass is 9.92. The summed E-state index contributed by atoms with van der Waals surface area (Å²) in [6.07, 6.45) is -0.687. The molecule has 0 aromatic heterocycles. The first-order valence-corrected chi connectivity index (χ1v) is 6.48. The van der Waals surface area contributed by atoms with Crippen molar-refractivity contribution in [1.29, 1.82) is 0 Å². The molecule has 0 saturated carbocycles. The van der Waals surface area contributed by atoms with Gasteiger partial charge in [-0.05, 0) is 31.5 Å². The van der Waals surface area contributed by atoms with E-state index in [1.165, 1.54) is 0 Å². The minimum absolute atomic E-state index is 0.208. The third kappa shape index (κ3) is 3.20. The molecule has 4 N–H and O–H groups in total. The van der Waals surface area contributed by atoms with Crippen molar-refractivity contribution in [3.63, 3.8) is 0 Å². The molecule has 1 heterocycles. The summed E-state index contributed by atoms with van der Waals surface area (Å²) in [5.74, 6) is 0.949. The fourth-order valence-corrected chi connectivity index (χ4v) is 1.85. The Kier molecular flexibility index (Phi) is 4.15. The number of primary amides is 1. The van der Waals surface area contributed by atoms with Crippen LogP contribution >= 0.6 is 0 Å². The molecule has 6 heteroatoms. The Morgan fingerprint density at radius 2 is 2.15 bits per heavy atom. The van der Waals surface area contributed by atoms with Gasteiger partial charge in [-0.25, -0.2) is 0 Å². The van der Waals surface area contributed by atoms with Crippen molar-refractivity contribution in [2.24, 2.45) is 11.1 Å². The number of aliphatic hydroxyl groups excluding tert-OH is 1. The van der Waals surface area contributed by atoms with Crippen molar-refractivity contribution in [3.05, 3.63) is 23.8 Å². The number of ether oxygens (including phenoxy) is 2. The first kappa shape index (κ1) is 14.6. The first-order chi connectivity index (χ1) is 9.40. The van der Waals surface area contributed by atoms with Gasteiger partial charge in [0, 0.05) is 13.1 Å². The predicted molar refractivity (Wildman–Crippen MR) is 73.4 cm³/mol. The topological polar surface area (TPSA) is 93.8 Å². The van der Waals surface area contributed by atoms with Crippen LogP contribution in [0.4, 0.5) is 0 Å². The van der Waals surface area contributed by atoms with E-state index >= 15 is 0 Å². The molecule has 1 unspecified atom stereocenters. The lowest BCUT2D eigenvalue weighted by Crippen LogP contribution is -2.41. The maximum atomic E-state index is 11.2. The average molecular weight is 280 g/mol. The molecular formula is C14H20N2O4. The number of hydrogen-bond acceptors (Lipinski definition) is 5. The fourth-order valence-electron chi connectivity index (χ4n) is 1.85. The second kappa shape index (κ2) is 5.68. The zero-order valence-corrected chi connectivity index (χ0v) is 11.7. The van der Waals surface area contributed by atoms with Crippen LogP contribution in [0.25, 0.3) is 0 Å². The van der Waals surface area contributed by atoms with Crippen molar-refractivity contribution < 1.29 is 19.4 Å². The summed E-state index contributed by atoms with van der Waals surface area (Å²) < 4.78 is 10.5. The van der Waals surface area contributed by atoms with Gasteiger partial charge < -0.3 is 25.6 Å². The molecule has 0 spiro atoms. The summed E-state index contributed by atoms with van der Waals surface area (Å²) in [4.78, 5) is 11.2. The minimum atomic E-state index is -0.687. The second-order valence-corrected chi connectivity index (χ2v) is 5.51. The number of nitrogens with one attached hydrogen (secondary N) is 1. The minimum Gasteiger partial charge on any atom is -0.454 e. The third-order valence-corrected chi connectivity index (χ3v) is 3.35. The van der Waals surface area contributed by atoms with E-state index < -0.39 is 11.5 Å². The van der Waals surface area contributed by atoms with Crippen LogP contribution in [0.1, 0.15) is 25.5 Å². The number of amides is 1. The second-order valence-electron chi connectivity index (χ2n) is 5.51. The molecule has 1 aromatic rings. The van der Waals surface area contributed by atoms with Crippen LogP contribution in [0, 0.1) is 5.41 Å². The molecule has 20 heavy (non-hydrogen) atoms. The summed E-state index contributed by atoms with van der Waals surface area (Å²) >= 11 is 0. The lowest BCUT2D eigenvalue weighted by Gasteiger charge is -2.22. The van der Waals surface area contributed by atoms with Gasteiger partial charge in [-0.2, -0.15) is 0 Å². The molecule has 1 aliphatic rings. The molecule has 1 aromatic carbocycles. The van der Waals surface area contributed by atoms with Gasteiger partial charge in [0.15, 0.2) is 11.5 Å². The highest BCUT2D eigenvalue weighted by atomic mass is 16.7. The summed E-state index contributed by atoms with van der Waals surface area (Å²) in [6, 6.07) is 5.32. The van der Waals surface area contributed by atoms with E-state index in [1.807, 2.05) is 0 Å². The van der Waals surface area contributed by atoms with E-state index in [9.17, 15) is 9.90 Å². The van der Waals surface area contributed by atoms with E-state index in [0.29, 0.717) is 24.6 Å². The van der Waals surface area contributed by atoms with Crippen molar-refractivity contribution in [2.45, 2.75) is 20.0 Å². The van der Waals surface area contributed by atoms with Crippen molar-refractivity contribution in [1.82, 2.24) is 5.32 Å². The van der Waals surface area contributed by atoms with Gasteiger partial charge in [0.1, 0.15) is 0 Å². The monoisotopic (exact) mass is 280 g/mol. The molecule has 1 atom stereocenters. The van der Waals surface area contributed by atoms with Crippen molar-refractivity contribution in [3.8, 4) is 11.5 Å². The summed E-state index contributed by atoms with van der Waals surface area (Å²) in [5, 5.41) is 13.2. The first-order valence-electron chi connectivity index (χ1n) is 6.48. The van der Waals surface area contributed by atoms with Crippen LogP contribution in [-0.2, 0) is 4.79 Å². The number of benzene rings is 1. The molecule has 1 amide bonds. The Bertz CT molecular complexity index is 502. The van der Waals surface area contributed by atoms with E-state index in [0.717, 1.165) is 5.56 Å². The van der Waals surface area contributed by atoms with Crippen molar-refractivity contribution >= 4 is 5.91 Å². The Hall–Kier alpha value is -1.79. The molecule has 6 nitrogen and oxygen atoms in total. The Labute approximate surface area is 117 Å². The average Bonchev–Trinajstić information content (AvgIpc) is 2.85. The highest BCUT2D eigenvalue weighted by Gasteiger charge is 2.24. The third-order valence-electron chi connectivity index (χ3n) is 3.35. The van der Waals surface area contributed by atoms with Gasteiger partial charge in [0.05, 0.1) is 11.5 Å². The zero-order valence-electron chi connectivity index (χ0n) is 11.7. The van der Waals surface area contributed by atoms with Gasteiger partial charge in [0.2, 0.25) is 12.7 Å². The van der Waals surface area contributed by atoms with E-state index in [2.05, 4.69) is 5.32 Å². The van der Waals surface area contributed by atoms with Gasteiger partial charge in [-0.15, -0.1) is 0 Å². The number of rotatable bonds is 6. The van der Waals surface area contributed by atoms with E-state index in [1.54, 1.807) is 32.0 Å². The van der Waals surface area contributed by atoms with Gasteiger partial charge in [-0.3, -0.25) is 4.79 Å². The molecule has 0 bridgehead atoms. The van der Waals surface area contributed by atoms with Gasteiger partial charge >= 0.3 is 0 Å². The Morgan fingerprint density at radius 1 is 1.45 bits per heavy atom. The maximum absolute atomic E-state index is 11.2. The van der Waals surface area contributed by atoms with Crippen LogP contribution in [0.5, 0.6) is 11.5 Å². The Morgan fingerprint density at radius 3 is 2.85 bits per heavy atom. The van der Waals surface area contributed by atoms with Gasteiger partial charge in [-0.1, -0.05) is 6.07 Å². The van der Waals surface area contributed by atoms with Crippen LogP contribution < -0.4 is 20.5 Å². The summed E-state index contributed by atoms with van der Waals surface area (Å²) in [6.45, 7) is 4.46. The molecule has 0 fully saturated rings. The van der Waals surface area contributed by atoms with Gasteiger partial charge in [0.25, 0.3) is 0 Å². The lowest BCUT2D eigenvalue weighted by molar-refractivity contribution is -0.125. The van der Waals surface area contributed by atoms with Crippen LogP contribution in [0.15, 0.2) is 18.2 Å². The number of hydrogen-bond donors (Lipinski definition) is 3. The highest BCUT2D eigenvalue weighted by Crippen LogP contribution is 2.34. The predicted octanol–water partition coefficient (Wildman–Crippen LogP) is 0.550. The SMILES string of the molecule is CC(C)(CNCC(O)c1ccc2c(c1)OCO2)C(N)=O. The molecule has 0 radical (unpaired) electrons. The van der Waals surface area contributed by atoms with Crippen LogP contribution in [0.2, 0.25) is 0 Å². The quantitative estimate of drug-likeness (QED) is 0.707. The molecule has 1 aliphatic heterocycles. The zero-order chi connectivity index (χ0) is 14.8. The standard InChI is InChI=1S/C14H20N2O4/c1-14(2,13(15)18)7-16-6-10(17)9-3-4-11-12(5-9)20-8-19-11/h3-5,10,16-17H,6-8H2,1-2H3,(H2,15,18). The smallest absolute Gasteiger partial charge is 0.231 e. The van der Waals surface area contributed by atoms with Crippen molar-refractivity contribution in [2.75, 3.05) is 19.9 Å².